The minimum Gasteiger partial charge on any atom is -0.385 e. The maximum atomic E-state index is 12.3. The van der Waals surface area contributed by atoms with E-state index >= 15 is 0 Å². The third kappa shape index (κ3) is 2.30. The highest BCUT2D eigenvalue weighted by molar-refractivity contribution is 5.84. The van der Waals surface area contributed by atoms with Crippen molar-refractivity contribution in [3.8, 4) is 11.3 Å². The van der Waals surface area contributed by atoms with Gasteiger partial charge in [0, 0.05) is 34.9 Å². The number of aromatic amines is 1. The van der Waals surface area contributed by atoms with E-state index in [4.69, 9.17) is 0 Å². The lowest BCUT2D eigenvalue weighted by Gasteiger charge is -2.07. The molecule has 0 bridgehead atoms. The van der Waals surface area contributed by atoms with Gasteiger partial charge in [0.25, 0.3) is 0 Å². The van der Waals surface area contributed by atoms with Crippen molar-refractivity contribution in [3.05, 3.63) is 64.8 Å². The third-order valence-corrected chi connectivity index (χ3v) is 3.30. The van der Waals surface area contributed by atoms with Crippen molar-refractivity contribution in [2.45, 2.75) is 6.92 Å². The maximum absolute atomic E-state index is 12.3. The van der Waals surface area contributed by atoms with Gasteiger partial charge in [0.2, 0.25) is 0 Å². The van der Waals surface area contributed by atoms with Gasteiger partial charge in [0.15, 0.2) is 5.43 Å². The Kier molecular flexibility index (Phi) is 3.25. The maximum Gasteiger partial charge on any atom is 0.190 e. The first-order chi connectivity index (χ1) is 9.78. The molecule has 2 aromatic carbocycles. The summed E-state index contributed by atoms with van der Waals surface area (Å²) in [7, 11) is 0. The number of hydrogen-bond donors (Lipinski definition) is 2. The first-order valence-corrected chi connectivity index (χ1v) is 6.74. The molecule has 3 aromatic rings. The van der Waals surface area contributed by atoms with E-state index in [9.17, 15) is 4.79 Å². The summed E-state index contributed by atoms with van der Waals surface area (Å²) < 4.78 is 0. The fourth-order valence-corrected chi connectivity index (χ4v) is 2.33. The number of benzene rings is 2. The van der Waals surface area contributed by atoms with Crippen LogP contribution < -0.4 is 10.7 Å². The molecule has 0 spiro atoms. The Bertz CT molecular complexity index is 791. The lowest BCUT2D eigenvalue weighted by atomic mass is 10.1. The van der Waals surface area contributed by atoms with Crippen molar-refractivity contribution in [3.63, 3.8) is 0 Å². The van der Waals surface area contributed by atoms with Gasteiger partial charge in [0.05, 0.1) is 0 Å². The van der Waals surface area contributed by atoms with Crippen LogP contribution in [-0.4, -0.2) is 11.5 Å². The number of nitrogens with one attached hydrogen (secondary N) is 2. The molecular formula is C17H16N2O. The summed E-state index contributed by atoms with van der Waals surface area (Å²) in [5.74, 6) is 0. The third-order valence-electron chi connectivity index (χ3n) is 3.30. The summed E-state index contributed by atoms with van der Waals surface area (Å²) in [6.45, 7) is 2.87. The number of H-pyrrole nitrogens is 1. The number of hydrogen-bond acceptors (Lipinski definition) is 2. The normalized spacial score (nSPS) is 10.7. The first kappa shape index (κ1) is 12.5. The van der Waals surface area contributed by atoms with Crippen LogP contribution in [0.15, 0.2) is 59.4 Å². The molecule has 2 N–H and O–H groups in total. The minimum absolute atomic E-state index is 0.0392. The van der Waals surface area contributed by atoms with E-state index in [1.165, 1.54) is 0 Å². The van der Waals surface area contributed by atoms with E-state index in [-0.39, 0.29) is 5.43 Å². The fourth-order valence-electron chi connectivity index (χ4n) is 2.33. The molecule has 3 rings (SSSR count). The van der Waals surface area contributed by atoms with E-state index in [1.54, 1.807) is 6.07 Å². The topological polar surface area (TPSA) is 44.9 Å². The molecule has 0 aliphatic carbocycles. The Morgan fingerprint density at radius 2 is 1.85 bits per heavy atom. The lowest BCUT2D eigenvalue weighted by molar-refractivity contribution is 1.21. The molecule has 20 heavy (non-hydrogen) atoms. The first-order valence-electron chi connectivity index (χ1n) is 6.74. The van der Waals surface area contributed by atoms with Crippen molar-refractivity contribution in [2.75, 3.05) is 11.9 Å². The number of fused-ring (bicyclic) bond motifs is 1. The Hall–Kier alpha value is -2.55. The molecule has 0 unspecified atom stereocenters. The van der Waals surface area contributed by atoms with Gasteiger partial charge >= 0.3 is 0 Å². The van der Waals surface area contributed by atoms with Gasteiger partial charge in [-0.15, -0.1) is 0 Å². The molecule has 0 aliphatic heterocycles. The van der Waals surface area contributed by atoms with Crippen LogP contribution in [0.4, 0.5) is 5.69 Å². The van der Waals surface area contributed by atoms with Crippen LogP contribution in [0.25, 0.3) is 22.2 Å². The highest BCUT2D eigenvalue weighted by atomic mass is 16.1. The zero-order valence-corrected chi connectivity index (χ0v) is 11.3. The molecule has 3 nitrogen and oxygen atoms in total. The molecule has 1 aromatic heterocycles. The SMILES string of the molecule is CCNc1ccc2[nH]c(-c3ccccc3)cc(=O)c2c1. The summed E-state index contributed by atoms with van der Waals surface area (Å²) in [6, 6.07) is 17.4. The molecule has 100 valence electrons. The number of aromatic nitrogens is 1. The highest BCUT2D eigenvalue weighted by Gasteiger charge is 2.04. The van der Waals surface area contributed by atoms with Crippen LogP contribution in [0, 0.1) is 0 Å². The fraction of sp³-hybridized carbons (Fsp3) is 0.118. The predicted molar refractivity (Wildman–Crippen MR) is 84.2 cm³/mol. The van der Waals surface area contributed by atoms with Crippen LogP contribution in [0.2, 0.25) is 0 Å². The Morgan fingerprint density at radius 1 is 1.05 bits per heavy atom. The summed E-state index contributed by atoms with van der Waals surface area (Å²) in [4.78, 5) is 15.6. The predicted octanol–water partition coefficient (Wildman–Crippen LogP) is 3.63. The average Bonchev–Trinajstić information content (AvgIpc) is 2.49. The molecule has 0 amide bonds. The largest absolute Gasteiger partial charge is 0.385 e. The van der Waals surface area contributed by atoms with Crippen LogP contribution in [0.1, 0.15) is 6.92 Å². The summed E-state index contributed by atoms with van der Waals surface area (Å²) in [5.41, 5.74) is 3.73. The Labute approximate surface area is 117 Å². The zero-order chi connectivity index (χ0) is 13.9. The van der Waals surface area contributed by atoms with Gasteiger partial charge in [-0.2, -0.15) is 0 Å². The monoisotopic (exact) mass is 264 g/mol. The van der Waals surface area contributed by atoms with Crippen molar-refractivity contribution in [2.24, 2.45) is 0 Å². The van der Waals surface area contributed by atoms with Crippen molar-refractivity contribution >= 4 is 16.6 Å². The zero-order valence-electron chi connectivity index (χ0n) is 11.3. The van der Waals surface area contributed by atoms with Gasteiger partial charge in [-0.1, -0.05) is 30.3 Å². The highest BCUT2D eigenvalue weighted by Crippen LogP contribution is 2.20. The number of rotatable bonds is 3. The van der Waals surface area contributed by atoms with E-state index in [0.29, 0.717) is 5.39 Å². The summed E-state index contributed by atoms with van der Waals surface area (Å²) >= 11 is 0. The van der Waals surface area contributed by atoms with Crippen LogP contribution in [0.5, 0.6) is 0 Å². The van der Waals surface area contributed by atoms with Crippen molar-refractivity contribution in [1.29, 1.82) is 0 Å². The van der Waals surface area contributed by atoms with Gasteiger partial charge in [-0.25, -0.2) is 0 Å². The summed E-state index contributed by atoms with van der Waals surface area (Å²) in [6.07, 6.45) is 0. The lowest BCUT2D eigenvalue weighted by Crippen LogP contribution is -2.04. The molecule has 1 heterocycles. The van der Waals surface area contributed by atoms with Crippen molar-refractivity contribution < 1.29 is 0 Å². The van der Waals surface area contributed by atoms with Crippen LogP contribution in [-0.2, 0) is 0 Å². The molecule has 0 aliphatic rings. The average molecular weight is 264 g/mol. The van der Waals surface area contributed by atoms with Gasteiger partial charge < -0.3 is 10.3 Å². The van der Waals surface area contributed by atoms with E-state index < -0.39 is 0 Å². The Balaban J connectivity index is 2.16. The molecule has 0 radical (unpaired) electrons. The second-order valence-corrected chi connectivity index (χ2v) is 4.70. The Morgan fingerprint density at radius 3 is 2.60 bits per heavy atom. The van der Waals surface area contributed by atoms with E-state index in [0.717, 1.165) is 29.0 Å². The van der Waals surface area contributed by atoms with Gasteiger partial charge in [-0.05, 0) is 30.7 Å². The van der Waals surface area contributed by atoms with E-state index in [1.807, 2.05) is 55.5 Å². The quantitative estimate of drug-likeness (QED) is 0.758. The number of anilines is 1. The molecule has 0 atom stereocenters. The smallest absolute Gasteiger partial charge is 0.190 e. The van der Waals surface area contributed by atoms with E-state index in [2.05, 4.69) is 10.3 Å². The van der Waals surface area contributed by atoms with Gasteiger partial charge in [-0.3, -0.25) is 4.79 Å². The van der Waals surface area contributed by atoms with Gasteiger partial charge in [0.1, 0.15) is 0 Å². The molecular weight excluding hydrogens is 248 g/mol. The molecule has 0 fully saturated rings. The molecule has 0 saturated carbocycles. The second kappa shape index (κ2) is 5.21. The minimum atomic E-state index is 0.0392. The number of pyridine rings is 1. The van der Waals surface area contributed by atoms with Crippen LogP contribution >= 0.6 is 0 Å². The standard InChI is InChI=1S/C17H16N2O/c1-2-18-13-8-9-15-14(10-13)17(20)11-16(19-15)12-6-4-3-5-7-12/h3-11,18H,2H2,1H3,(H,19,20). The second-order valence-electron chi connectivity index (χ2n) is 4.70. The molecule has 3 heteroatoms. The van der Waals surface area contributed by atoms with Crippen molar-refractivity contribution in [1.82, 2.24) is 4.98 Å². The summed E-state index contributed by atoms with van der Waals surface area (Å²) in [5, 5.41) is 3.93. The molecule has 0 saturated heterocycles. The van der Waals surface area contributed by atoms with Crippen LogP contribution in [0.3, 0.4) is 0 Å².